The summed E-state index contributed by atoms with van der Waals surface area (Å²) in [5.74, 6) is 1.15. The molecule has 7 heteroatoms. The molecular formula is C17H23N5O2. The fourth-order valence-corrected chi connectivity index (χ4v) is 2.89. The third kappa shape index (κ3) is 5.04. The number of tetrazole rings is 1. The van der Waals surface area contributed by atoms with Crippen LogP contribution in [0.1, 0.15) is 44.3 Å². The molecule has 1 aliphatic carbocycles. The topological polar surface area (TPSA) is 81.9 Å². The highest BCUT2D eigenvalue weighted by Crippen LogP contribution is 2.17. The van der Waals surface area contributed by atoms with E-state index in [1.54, 1.807) is 0 Å². The predicted molar refractivity (Wildman–Crippen MR) is 88.2 cm³/mol. The Hall–Kier alpha value is -2.44. The maximum atomic E-state index is 12.1. The van der Waals surface area contributed by atoms with E-state index in [2.05, 4.69) is 20.7 Å². The van der Waals surface area contributed by atoms with Gasteiger partial charge in [-0.15, -0.1) is 10.2 Å². The Bertz CT molecular complexity index is 635. The number of ether oxygens (including phenoxy) is 1. The zero-order valence-corrected chi connectivity index (χ0v) is 13.7. The predicted octanol–water partition coefficient (Wildman–Crippen LogP) is 2.09. The maximum absolute atomic E-state index is 12.1. The molecule has 0 bridgehead atoms. The van der Waals surface area contributed by atoms with Gasteiger partial charge in [0.25, 0.3) is 0 Å². The summed E-state index contributed by atoms with van der Waals surface area (Å²) in [5.41, 5.74) is 0. The summed E-state index contributed by atoms with van der Waals surface area (Å²) in [6, 6.07) is 9.74. The van der Waals surface area contributed by atoms with E-state index < -0.39 is 0 Å². The van der Waals surface area contributed by atoms with Crippen LogP contribution >= 0.6 is 0 Å². The highest BCUT2D eigenvalue weighted by molar-refractivity contribution is 5.75. The molecule has 1 saturated carbocycles. The first-order valence-corrected chi connectivity index (χ1v) is 8.53. The van der Waals surface area contributed by atoms with Crippen LogP contribution in [0.25, 0.3) is 0 Å². The quantitative estimate of drug-likeness (QED) is 0.821. The van der Waals surface area contributed by atoms with Crippen molar-refractivity contribution in [2.75, 3.05) is 0 Å². The number of nitrogens with zero attached hydrogens (tertiary/aromatic N) is 4. The molecule has 0 saturated heterocycles. The molecule has 24 heavy (non-hydrogen) atoms. The molecule has 1 amide bonds. The van der Waals surface area contributed by atoms with E-state index in [0.29, 0.717) is 5.82 Å². The Labute approximate surface area is 141 Å². The second kappa shape index (κ2) is 8.42. The smallest absolute Gasteiger partial charge is 0.243 e. The fourth-order valence-electron chi connectivity index (χ4n) is 2.89. The van der Waals surface area contributed by atoms with Gasteiger partial charge in [0.15, 0.2) is 6.61 Å². The lowest BCUT2D eigenvalue weighted by Gasteiger charge is -2.15. The molecule has 3 rings (SSSR count). The van der Waals surface area contributed by atoms with Gasteiger partial charge in [0.1, 0.15) is 12.3 Å². The Morgan fingerprint density at radius 3 is 2.67 bits per heavy atom. The third-order valence-corrected chi connectivity index (χ3v) is 4.11. The van der Waals surface area contributed by atoms with E-state index in [1.807, 2.05) is 30.3 Å². The van der Waals surface area contributed by atoms with Gasteiger partial charge in [0, 0.05) is 6.04 Å². The summed E-state index contributed by atoms with van der Waals surface area (Å²) in [5, 5.41) is 15.1. The minimum absolute atomic E-state index is 0.0603. The average molecular weight is 329 g/mol. The zero-order chi connectivity index (χ0) is 16.6. The number of hydrogen-bond acceptors (Lipinski definition) is 5. The van der Waals surface area contributed by atoms with Crippen LogP contribution in [-0.4, -0.2) is 32.2 Å². The van der Waals surface area contributed by atoms with E-state index in [-0.39, 0.29) is 25.1 Å². The lowest BCUT2D eigenvalue weighted by atomic mass is 10.1. The van der Waals surface area contributed by atoms with Gasteiger partial charge in [-0.05, 0) is 30.2 Å². The number of carbonyl (C=O) groups excluding carboxylic acids is 1. The number of para-hydroxylation sites is 1. The van der Waals surface area contributed by atoms with Gasteiger partial charge >= 0.3 is 0 Å². The van der Waals surface area contributed by atoms with Crippen molar-refractivity contribution >= 4 is 5.91 Å². The minimum Gasteiger partial charge on any atom is -0.485 e. The van der Waals surface area contributed by atoms with Crippen LogP contribution in [-0.2, 0) is 17.9 Å². The normalized spacial score (nSPS) is 15.7. The van der Waals surface area contributed by atoms with E-state index >= 15 is 0 Å². The molecule has 0 radical (unpaired) electrons. The Morgan fingerprint density at radius 1 is 1.17 bits per heavy atom. The van der Waals surface area contributed by atoms with Crippen molar-refractivity contribution in [3.05, 3.63) is 36.2 Å². The van der Waals surface area contributed by atoms with E-state index in [9.17, 15) is 4.79 Å². The Kier molecular flexibility index (Phi) is 5.76. The summed E-state index contributed by atoms with van der Waals surface area (Å²) < 4.78 is 5.57. The van der Waals surface area contributed by atoms with Crippen molar-refractivity contribution in [1.29, 1.82) is 0 Å². The molecule has 1 aliphatic rings. The first kappa shape index (κ1) is 16.4. The number of benzene rings is 1. The van der Waals surface area contributed by atoms with Crippen molar-refractivity contribution in [1.82, 2.24) is 25.5 Å². The molecule has 1 aromatic carbocycles. The fraction of sp³-hybridized carbons (Fsp3) is 0.529. The lowest BCUT2D eigenvalue weighted by Crippen LogP contribution is -2.37. The summed E-state index contributed by atoms with van der Waals surface area (Å²) in [4.78, 5) is 13.4. The van der Waals surface area contributed by atoms with Crippen molar-refractivity contribution in [3.8, 4) is 5.75 Å². The summed E-state index contributed by atoms with van der Waals surface area (Å²) in [6.07, 6.45) is 7.03. The molecule has 0 unspecified atom stereocenters. The Balaban J connectivity index is 1.45. The molecule has 0 atom stereocenters. The van der Waals surface area contributed by atoms with Crippen LogP contribution in [0.15, 0.2) is 30.3 Å². The van der Waals surface area contributed by atoms with Gasteiger partial charge in [-0.25, -0.2) is 0 Å². The molecule has 128 valence electrons. The van der Waals surface area contributed by atoms with Crippen LogP contribution in [0.2, 0.25) is 0 Å². The molecular weight excluding hydrogens is 306 g/mol. The number of aromatic nitrogens is 4. The summed E-state index contributed by atoms with van der Waals surface area (Å²) in [6.45, 7) is 0.323. The lowest BCUT2D eigenvalue weighted by molar-refractivity contribution is -0.122. The number of carbonyl (C=O) groups is 1. The maximum Gasteiger partial charge on any atom is 0.243 e. The standard InChI is InChI=1S/C17H23N5O2/c23-17(18-14-8-4-1-2-5-9-14)12-22-20-16(19-21-22)13-24-15-10-6-3-7-11-15/h3,6-7,10-11,14H,1-2,4-5,8-9,12-13H2,(H,18,23). The summed E-state index contributed by atoms with van der Waals surface area (Å²) in [7, 11) is 0. The molecule has 7 nitrogen and oxygen atoms in total. The number of rotatable bonds is 6. The average Bonchev–Trinajstić information content (AvgIpc) is 2.88. The Morgan fingerprint density at radius 2 is 1.92 bits per heavy atom. The number of hydrogen-bond donors (Lipinski definition) is 1. The highest BCUT2D eigenvalue weighted by Gasteiger charge is 2.15. The molecule has 0 aliphatic heterocycles. The number of nitrogens with one attached hydrogen (secondary N) is 1. The molecule has 1 aromatic heterocycles. The third-order valence-electron chi connectivity index (χ3n) is 4.11. The van der Waals surface area contributed by atoms with E-state index in [4.69, 9.17) is 4.74 Å². The first-order valence-electron chi connectivity index (χ1n) is 8.53. The van der Waals surface area contributed by atoms with E-state index in [0.717, 1.165) is 18.6 Å². The van der Waals surface area contributed by atoms with Gasteiger partial charge in [-0.3, -0.25) is 4.79 Å². The van der Waals surface area contributed by atoms with Gasteiger partial charge in [0.05, 0.1) is 0 Å². The second-order valence-electron chi connectivity index (χ2n) is 6.09. The van der Waals surface area contributed by atoms with Crippen LogP contribution in [0.3, 0.4) is 0 Å². The molecule has 2 aromatic rings. The van der Waals surface area contributed by atoms with Crippen molar-refractivity contribution in [2.45, 2.75) is 57.7 Å². The largest absolute Gasteiger partial charge is 0.485 e. The summed E-state index contributed by atoms with van der Waals surface area (Å²) >= 11 is 0. The second-order valence-corrected chi connectivity index (χ2v) is 6.09. The van der Waals surface area contributed by atoms with Crippen molar-refractivity contribution in [3.63, 3.8) is 0 Å². The van der Waals surface area contributed by atoms with Crippen molar-refractivity contribution in [2.24, 2.45) is 0 Å². The highest BCUT2D eigenvalue weighted by atomic mass is 16.5. The van der Waals surface area contributed by atoms with E-state index in [1.165, 1.54) is 30.5 Å². The molecule has 1 heterocycles. The van der Waals surface area contributed by atoms with Gasteiger partial charge in [0.2, 0.25) is 11.7 Å². The van der Waals surface area contributed by atoms with Crippen LogP contribution in [0.5, 0.6) is 5.75 Å². The van der Waals surface area contributed by atoms with Crippen molar-refractivity contribution < 1.29 is 9.53 Å². The van der Waals surface area contributed by atoms with Gasteiger partial charge in [-0.2, -0.15) is 4.80 Å². The molecule has 1 N–H and O–H groups in total. The zero-order valence-electron chi connectivity index (χ0n) is 13.7. The van der Waals surface area contributed by atoms with Gasteiger partial charge < -0.3 is 10.1 Å². The molecule has 1 fully saturated rings. The van der Waals surface area contributed by atoms with Crippen LogP contribution in [0, 0.1) is 0 Å². The monoisotopic (exact) mass is 329 g/mol. The van der Waals surface area contributed by atoms with Gasteiger partial charge in [-0.1, -0.05) is 43.9 Å². The number of amides is 1. The van der Waals surface area contributed by atoms with Crippen LogP contribution < -0.4 is 10.1 Å². The molecule has 0 spiro atoms. The first-order chi connectivity index (χ1) is 11.8. The SMILES string of the molecule is O=C(Cn1nnc(COc2ccccc2)n1)NC1CCCCCC1. The van der Waals surface area contributed by atoms with Crippen LogP contribution in [0.4, 0.5) is 0 Å². The minimum atomic E-state index is -0.0603.